The number of aliphatic hydroxyl groups is 1. The van der Waals surface area contributed by atoms with Gasteiger partial charge in [0.1, 0.15) is 0 Å². The van der Waals surface area contributed by atoms with Gasteiger partial charge in [-0.15, -0.1) is 11.3 Å². The Morgan fingerprint density at radius 2 is 2.43 bits per heavy atom. The molecule has 2 aromatic heterocycles. The van der Waals surface area contributed by atoms with Crippen molar-refractivity contribution in [1.82, 2.24) is 15.0 Å². The van der Waals surface area contributed by atoms with E-state index >= 15 is 0 Å². The third-order valence-corrected chi connectivity index (χ3v) is 5.13. The number of carbonyl (C=O) groups excluding carboxylic acids is 1. The number of nitrogens with zero attached hydrogens (tertiary/aromatic N) is 3. The number of likely N-dealkylation sites (tertiary alicyclic amines) is 1. The van der Waals surface area contributed by atoms with Crippen molar-refractivity contribution < 1.29 is 14.4 Å². The van der Waals surface area contributed by atoms with Crippen molar-refractivity contribution in [2.45, 2.75) is 38.7 Å². The van der Waals surface area contributed by atoms with Gasteiger partial charge in [-0.2, -0.15) is 4.98 Å². The molecule has 1 aliphatic heterocycles. The van der Waals surface area contributed by atoms with E-state index in [4.69, 9.17) is 4.52 Å². The predicted octanol–water partition coefficient (Wildman–Crippen LogP) is 2.35. The van der Waals surface area contributed by atoms with Crippen molar-refractivity contribution in [3.63, 3.8) is 0 Å². The number of aromatic nitrogens is 2. The van der Waals surface area contributed by atoms with Gasteiger partial charge in [0.25, 0.3) is 0 Å². The molecule has 3 heterocycles. The van der Waals surface area contributed by atoms with Crippen LogP contribution in [0.3, 0.4) is 0 Å². The van der Waals surface area contributed by atoms with E-state index < -0.39 is 6.10 Å². The Labute approximate surface area is 139 Å². The minimum Gasteiger partial charge on any atom is -0.391 e. The van der Waals surface area contributed by atoms with Gasteiger partial charge in [-0.25, -0.2) is 0 Å². The number of piperidine rings is 1. The van der Waals surface area contributed by atoms with Crippen LogP contribution in [-0.2, 0) is 11.2 Å². The smallest absolute Gasteiger partial charge is 0.226 e. The fourth-order valence-corrected chi connectivity index (χ4v) is 3.34. The first-order chi connectivity index (χ1) is 11.1. The standard InChI is InChI=1S/C16H21N3O3S/c1-11-7-8-19(10-12(11)20)15(21)6-2-5-14-17-16(18-22-14)13-4-3-9-23-13/h3-4,9,11-12,20H,2,5-8,10H2,1H3. The summed E-state index contributed by atoms with van der Waals surface area (Å²) in [6, 6.07) is 3.90. The molecule has 2 unspecified atom stereocenters. The molecular formula is C16H21N3O3S. The summed E-state index contributed by atoms with van der Waals surface area (Å²) in [7, 11) is 0. The van der Waals surface area contributed by atoms with Gasteiger partial charge in [0.15, 0.2) is 0 Å². The molecule has 0 spiro atoms. The first kappa shape index (κ1) is 16.1. The van der Waals surface area contributed by atoms with Crippen LogP contribution in [-0.4, -0.2) is 45.2 Å². The highest BCUT2D eigenvalue weighted by Gasteiger charge is 2.26. The molecule has 2 atom stereocenters. The number of thiophene rings is 1. The van der Waals surface area contributed by atoms with Crippen LogP contribution in [0.15, 0.2) is 22.0 Å². The fraction of sp³-hybridized carbons (Fsp3) is 0.562. The monoisotopic (exact) mass is 335 g/mol. The van der Waals surface area contributed by atoms with Crippen molar-refractivity contribution >= 4 is 17.2 Å². The lowest BCUT2D eigenvalue weighted by atomic mass is 9.96. The molecule has 1 fully saturated rings. The van der Waals surface area contributed by atoms with Gasteiger partial charge in [0, 0.05) is 25.9 Å². The molecule has 124 valence electrons. The fourth-order valence-electron chi connectivity index (χ4n) is 2.69. The Morgan fingerprint density at radius 1 is 1.57 bits per heavy atom. The molecule has 0 aliphatic carbocycles. The van der Waals surface area contributed by atoms with Gasteiger partial charge in [-0.05, 0) is 30.2 Å². The third-order valence-electron chi connectivity index (χ3n) is 4.26. The molecule has 7 heteroatoms. The van der Waals surface area contributed by atoms with Gasteiger partial charge in [-0.1, -0.05) is 18.1 Å². The Bertz CT molecular complexity index is 641. The van der Waals surface area contributed by atoms with Gasteiger partial charge in [0.05, 0.1) is 11.0 Å². The van der Waals surface area contributed by atoms with Gasteiger partial charge in [0.2, 0.25) is 17.6 Å². The summed E-state index contributed by atoms with van der Waals surface area (Å²) in [4.78, 5) is 19.3. The maximum atomic E-state index is 12.2. The zero-order chi connectivity index (χ0) is 16.2. The Balaban J connectivity index is 1.45. The molecule has 1 amide bonds. The van der Waals surface area contributed by atoms with Crippen LogP contribution in [0.25, 0.3) is 10.7 Å². The number of aryl methyl sites for hydroxylation is 1. The van der Waals surface area contributed by atoms with Crippen LogP contribution < -0.4 is 0 Å². The van der Waals surface area contributed by atoms with Crippen LogP contribution in [0.2, 0.25) is 0 Å². The van der Waals surface area contributed by atoms with E-state index in [0.717, 1.165) is 17.8 Å². The Kier molecular flexibility index (Phi) is 5.07. The van der Waals surface area contributed by atoms with Gasteiger partial charge >= 0.3 is 0 Å². The van der Waals surface area contributed by atoms with Crippen molar-refractivity contribution in [3.05, 3.63) is 23.4 Å². The molecule has 1 saturated heterocycles. The molecule has 0 aromatic carbocycles. The second-order valence-electron chi connectivity index (χ2n) is 6.02. The van der Waals surface area contributed by atoms with E-state index in [-0.39, 0.29) is 11.8 Å². The highest BCUT2D eigenvalue weighted by Crippen LogP contribution is 2.22. The molecule has 3 rings (SSSR count). The lowest BCUT2D eigenvalue weighted by Gasteiger charge is -2.34. The molecule has 2 aromatic rings. The first-order valence-electron chi connectivity index (χ1n) is 7.96. The summed E-state index contributed by atoms with van der Waals surface area (Å²) in [5.74, 6) is 1.53. The third kappa shape index (κ3) is 3.97. The van der Waals surface area contributed by atoms with E-state index in [0.29, 0.717) is 37.5 Å². The summed E-state index contributed by atoms with van der Waals surface area (Å²) in [5, 5.41) is 15.8. The molecule has 23 heavy (non-hydrogen) atoms. The van der Waals surface area contributed by atoms with Crippen molar-refractivity contribution in [3.8, 4) is 10.7 Å². The number of aliphatic hydroxyl groups excluding tert-OH is 1. The average molecular weight is 335 g/mol. The molecule has 0 radical (unpaired) electrons. The Morgan fingerprint density at radius 3 is 3.17 bits per heavy atom. The summed E-state index contributed by atoms with van der Waals surface area (Å²) < 4.78 is 5.23. The minimum atomic E-state index is -0.406. The first-order valence-corrected chi connectivity index (χ1v) is 8.84. The minimum absolute atomic E-state index is 0.0916. The van der Waals surface area contributed by atoms with Crippen LogP contribution >= 0.6 is 11.3 Å². The lowest BCUT2D eigenvalue weighted by molar-refractivity contribution is -0.135. The summed E-state index contributed by atoms with van der Waals surface area (Å²) >= 11 is 1.57. The van der Waals surface area contributed by atoms with E-state index in [1.54, 1.807) is 16.2 Å². The maximum Gasteiger partial charge on any atom is 0.226 e. The number of hydrogen-bond acceptors (Lipinski definition) is 6. The molecule has 6 nitrogen and oxygen atoms in total. The second-order valence-corrected chi connectivity index (χ2v) is 6.96. The quantitative estimate of drug-likeness (QED) is 0.907. The average Bonchev–Trinajstić information content (AvgIpc) is 3.20. The zero-order valence-electron chi connectivity index (χ0n) is 13.1. The normalized spacial score (nSPS) is 21.6. The molecular weight excluding hydrogens is 314 g/mol. The Hall–Kier alpha value is -1.73. The summed E-state index contributed by atoms with van der Waals surface area (Å²) in [6.07, 6.45) is 2.17. The van der Waals surface area contributed by atoms with Crippen molar-refractivity contribution in [2.75, 3.05) is 13.1 Å². The largest absolute Gasteiger partial charge is 0.391 e. The molecule has 1 N–H and O–H groups in total. The number of hydrogen-bond donors (Lipinski definition) is 1. The van der Waals surface area contributed by atoms with E-state index in [9.17, 15) is 9.90 Å². The molecule has 1 aliphatic rings. The molecule has 0 saturated carbocycles. The zero-order valence-corrected chi connectivity index (χ0v) is 14.0. The number of β-amino-alcohol motifs (C(OH)–C–C–N with tert-alkyl or cyclic N) is 1. The summed E-state index contributed by atoms with van der Waals surface area (Å²) in [6.45, 7) is 3.20. The topological polar surface area (TPSA) is 79.5 Å². The van der Waals surface area contributed by atoms with Crippen molar-refractivity contribution in [2.24, 2.45) is 5.92 Å². The highest BCUT2D eigenvalue weighted by molar-refractivity contribution is 7.13. The number of rotatable bonds is 5. The van der Waals surface area contributed by atoms with Gasteiger partial charge in [-0.3, -0.25) is 4.79 Å². The van der Waals surface area contributed by atoms with E-state index in [1.807, 2.05) is 24.4 Å². The molecule has 0 bridgehead atoms. The van der Waals surface area contributed by atoms with Crippen LogP contribution in [0.1, 0.15) is 32.1 Å². The van der Waals surface area contributed by atoms with Crippen molar-refractivity contribution in [1.29, 1.82) is 0 Å². The lowest BCUT2D eigenvalue weighted by Crippen LogP contribution is -2.45. The van der Waals surface area contributed by atoms with Crippen LogP contribution in [0, 0.1) is 5.92 Å². The predicted molar refractivity (Wildman–Crippen MR) is 86.9 cm³/mol. The van der Waals surface area contributed by atoms with E-state index in [1.165, 1.54) is 0 Å². The van der Waals surface area contributed by atoms with E-state index in [2.05, 4.69) is 10.1 Å². The maximum absolute atomic E-state index is 12.2. The highest BCUT2D eigenvalue weighted by atomic mass is 32.1. The van der Waals surface area contributed by atoms with Crippen LogP contribution in [0.4, 0.5) is 0 Å². The van der Waals surface area contributed by atoms with Gasteiger partial charge < -0.3 is 14.5 Å². The number of amides is 1. The second kappa shape index (κ2) is 7.23. The van der Waals surface area contributed by atoms with Crippen LogP contribution in [0.5, 0.6) is 0 Å². The number of carbonyl (C=O) groups is 1. The SMILES string of the molecule is CC1CCN(C(=O)CCCc2nc(-c3cccs3)no2)CC1O. The summed E-state index contributed by atoms with van der Waals surface area (Å²) in [5.41, 5.74) is 0.